The smallest absolute Gasteiger partial charge is 0.268 e. The van der Waals surface area contributed by atoms with E-state index < -0.39 is 5.54 Å². The van der Waals surface area contributed by atoms with E-state index in [-0.39, 0.29) is 5.56 Å². The van der Waals surface area contributed by atoms with Gasteiger partial charge in [0.05, 0.1) is 16.2 Å². The predicted octanol–water partition coefficient (Wildman–Crippen LogP) is 3.49. The van der Waals surface area contributed by atoms with Crippen molar-refractivity contribution < 1.29 is 0 Å². The number of rotatable bonds is 1. The van der Waals surface area contributed by atoms with Crippen LogP contribution in [0, 0.1) is 17.2 Å². The van der Waals surface area contributed by atoms with Crippen LogP contribution in [0.25, 0.3) is 10.1 Å². The molecule has 0 unspecified atom stereocenters. The van der Waals surface area contributed by atoms with Gasteiger partial charge in [0.25, 0.3) is 5.56 Å². The van der Waals surface area contributed by atoms with Crippen LogP contribution in [-0.4, -0.2) is 3.96 Å². The van der Waals surface area contributed by atoms with Crippen molar-refractivity contribution in [2.45, 2.75) is 38.1 Å². The van der Waals surface area contributed by atoms with Crippen LogP contribution in [0.3, 0.4) is 0 Å². The van der Waals surface area contributed by atoms with Gasteiger partial charge < -0.3 is 0 Å². The summed E-state index contributed by atoms with van der Waals surface area (Å²) in [5.41, 5.74) is -0.621. The number of nitriles is 1. The van der Waals surface area contributed by atoms with E-state index >= 15 is 0 Å². The minimum atomic E-state index is -0.618. The average molecular weight is 272 g/mol. The molecule has 0 amide bonds. The summed E-state index contributed by atoms with van der Waals surface area (Å²) in [7, 11) is 0. The molecule has 0 spiro atoms. The van der Waals surface area contributed by atoms with Crippen LogP contribution in [0.15, 0.2) is 29.1 Å². The highest BCUT2D eigenvalue weighted by molar-refractivity contribution is 7.14. The molecule has 0 bridgehead atoms. The molecule has 98 valence electrons. The zero-order valence-corrected chi connectivity index (χ0v) is 11.7. The van der Waals surface area contributed by atoms with Gasteiger partial charge in [0, 0.05) is 0 Å². The van der Waals surface area contributed by atoms with Crippen LogP contribution in [-0.2, 0) is 5.54 Å². The van der Waals surface area contributed by atoms with Crippen molar-refractivity contribution in [1.82, 2.24) is 3.96 Å². The first-order valence-electron chi connectivity index (χ1n) is 6.69. The van der Waals surface area contributed by atoms with Crippen molar-refractivity contribution in [3.05, 3.63) is 34.6 Å². The molecule has 1 heterocycles. The van der Waals surface area contributed by atoms with Crippen LogP contribution in [0.2, 0.25) is 0 Å². The monoisotopic (exact) mass is 272 g/mol. The quantitative estimate of drug-likeness (QED) is 0.797. The molecular weight excluding hydrogens is 256 g/mol. The standard InChI is InChI=1S/C15H16N2OS/c1-11-6-8-15(10-16,9-7-11)17-14(18)12-4-2-3-5-13(12)19-17/h2-5,11H,6-9H2,1H3. The van der Waals surface area contributed by atoms with Gasteiger partial charge in [-0.3, -0.25) is 4.79 Å². The van der Waals surface area contributed by atoms with Gasteiger partial charge in [0.15, 0.2) is 0 Å². The zero-order valence-electron chi connectivity index (χ0n) is 10.9. The summed E-state index contributed by atoms with van der Waals surface area (Å²) in [4.78, 5) is 12.5. The van der Waals surface area contributed by atoms with E-state index in [9.17, 15) is 10.1 Å². The second kappa shape index (κ2) is 4.50. The third-order valence-corrected chi connectivity index (χ3v) is 5.44. The fourth-order valence-corrected chi connectivity index (χ4v) is 4.02. The number of nitrogens with zero attached hydrogens (tertiary/aromatic N) is 2. The Balaban J connectivity index is 2.15. The van der Waals surface area contributed by atoms with E-state index in [1.165, 1.54) is 11.5 Å². The van der Waals surface area contributed by atoms with E-state index in [0.29, 0.717) is 5.92 Å². The minimum Gasteiger partial charge on any atom is -0.268 e. The third-order valence-electron chi connectivity index (χ3n) is 4.19. The van der Waals surface area contributed by atoms with Crippen LogP contribution >= 0.6 is 11.5 Å². The summed E-state index contributed by atoms with van der Waals surface area (Å²) in [6.07, 6.45) is 3.62. The lowest BCUT2D eigenvalue weighted by Crippen LogP contribution is -2.40. The molecule has 1 aliphatic rings. The molecule has 4 heteroatoms. The van der Waals surface area contributed by atoms with Crippen LogP contribution in [0.1, 0.15) is 32.6 Å². The Hall–Kier alpha value is -1.60. The highest BCUT2D eigenvalue weighted by atomic mass is 32.1. The maximum atomic E-state index is 12.5. The number of hydrogen-bond acceptors (Lipinski definition) is 3. The number of benzene rings is 1. The normalized spacial score (nSPS) is 27.3. The van der Waals surface area contributed by atoms with Gasteiger partial charge >= 0.3 is 0 Å². The summed E-state index contributed by atoms with van der Waals surface area (Å²) in [5, 5.41) is 10.4. The molecule has 1 aromatic carbocycles. The first-order chi connectivity index (χ1) is 9.16. The van der Waals surface area contributed by atoms with Crippen LogP contribution in [0.5, 0.6) is 0 Å². The second-order valence-corrected chi connectivity index (χ2v) is 6.50. The van der Waals surface area contributed by atoms with Crippen molar-refractivity contribution in [2.75, 3.05) is 0 Å². The third kappa shape index (κ3) is 1.89. The molecule has 1 aromatic heterocycles. The summed E-state index contributed by atoms with van der Waals surface area (Å²) in [6.45, 7) is 2.22. The molecule has 0 aliphatic heterocycles. The van der Waals surface area contributed by atoms with Crippen molar-refractivity contribution in [3.63, 3.8) is 0 Å². The Morgan fingerprint density at radius 2 is 2.05 bits per heavy atom. The number of aromatic nitrogens is 1. The Morgan fingerprint density at radius 1 is 1.37 bits per heavy atom. The Bertz CT molecular complexity index is 699. The van der Waals surface area contributed by atoms with Gasteiger partial charge in [0.2, 0.25) is 0 Å². The van der Waals surface area contributed by atoms with E-state index in [1.54, 1.807) is 3.96 Å². The summed E-state index contributed by atoms with van der Waals surface area (Å²) >= 11 is 1.44. The van der Waals surface area contributed by atoms with Gasteiger partial charge in [-0.1, -0.05) is 30.6 Å². The first kappa shape index (κ1) is 12.4. The molecule has 3 rings (SSSR count). The molecule has 0 atom stereocenters. The highest BCUT2D eigenvalue weighted by Gasteiger charge is 2.38. The van der Waals surface area contributed by atoms with E-state index in [4.69, 9.17) is 0 Å². The Kier molecular flexibility index (Phi) is 2.94. The largest absolute Gasteiger partial charge is 0.270 e. The van der Waals surface area contributed by atoms with Gasteiger partial charge in [0.1, 0.15) is 5.54 Å². The summed E-state index contributed by atoms with van der Waals surface area (Å²) < 4.78 is 2.70. The van der Waals surface area contributed by atoms with Crippen molar-refractivity contribution >= 4 is 21.6 Å². The van der Waals surface area contributed by atoms with Gasteiger partial charge in [-0.2, -0.15) is 5.26 Å². The average Bonchev–Trinajstić information content (AvgIpc) is 2.79. The van der Waals surface area contributed by atoms with Gasteiger partial charge in [-0.05, 0) is 43.7 Å². The fourth-order valence-electron chi connectivity index (χ4n) is 2.85. The zero-order chi connectivity index (χ0) is 13.5. The summed E-state index contributed by atoms with van der Waals surface area (Å²) in [5.74, 6) is 0.659. The number of hydrogen-bond donors (Lipinski definition) is 0. The van der Waals surface area contributed by atoms with Gasteiger partial charge in [-0.25, -0.2) is 3.96 Å². The lowest BCUT2D eigenvalue weighted by atomic mass is 9.78. The molecule has 1 aliphatic carbocycles. The van der Waals surface area contributed by atoms with Crippen molar-refractivity contribution in [3.8, 4) is 6.07 Å². The molecule has 19 heavy (non-hydrogen) atoms. The fraction of sp³-hybridized carbons (Fsp3) is 0.467. The molecule has 2 aromatic rings. The van der Waals surface area contributed by atoms with Gasteiger partial charge in [-0.15, -0.1) is 0 Å². The molecular formula is C15H16N2OS. The maximum absolute atomic E-state index is 12.5. The summed E-state index contributed by atoms with van der Waals surface area (Å²) in [6, 6.07) is 10.0. The van der Waals surface area contributed by atoms with E-state index in [2.05, 4.69) is 13.0 Å². The highest BCUT2D eigenvalue weighted by Crippen LogP contribution is 2.38. The molecule has 0 saturated heterocycles. The van der Waals surface area contributed by atoms with E-state index in [0.717, 1.165) is 35.8 Å². The molecule has 0 radical (unpaired) electrons. The number of fused-ring (bicyclic) bond motifs is 1. The predicted molar refractivity (Wildman–Crippen MR) is 77.3 cm³/mol. The second-order valence-electron chi connectivity index (χ2n) is 5.51. The molecule has 1 saturated carbocycles. The first-order valence-corrected chi connectivity index (χ1v) is 7.46. The molecule has 0 N–H and O–H groups in total. The molecule has 3 nitrogen and oxygen atoms in total. The van der Waals surface area contributed by atoms with Crippen LogP contribution in [0.4, 0.5) is 0 Å². The van der Waals surface area contributed by atoms with Crippen molar-refractivity contribution in [2.24, 2.45) is 5.92 Å². The Labute approximate surface area is 116 Å². The SMILES string of the molecule is CC1CCC(C#N)(n2sc3ccccc3c2=O)CC1. The topological polar surface area (TPSA) is 45.8 Å². The van der Waals surface area contributed by atoms with Crippen LogP contribution < -0.4 is 5.56 Å². The van der Waals surface area contributed by atoms with Crippen molar-refractivity contribution in [1.29, 1.82) is 5.26 Å². The minimum absolute atomic E-state index is 0.00305. The molecule has 1 fully saturated rings. The Morgan fingerprint density at radius 3 is 2.68 bits per heavy atom. The van der Waals surface area contributed by atoms with E-state index in [1.807, 2.05) is 24.3 Å². The lowest BCUT2D eigenvalue weighted by Gasteiger charge is -2.33. The lowest BCUT2D eigenvalue weighted by molar-refractivity contribution is 0.231. The maximum Gasteiger partial charge on any atom is 0.270 e.